The maximum atomic E-state index is 11.8. The van der Waals surface area contributed by atoms with E-state index < -0.39 is 13.0 Å². The molecule has 0 aromatic carbocycles. The van der Waals surface area contributed by atoms with Crippen LogP contribution in [0.15, 0.2) is 6.33 Å². The molecule has 1 aliphatic rings. The Bertz CT molecular complexity index is 361. The van der Waals surface area contributed by atoms with Crippen LogP contribution < -0.4 is 5.32 Å². The van der Waals surface area contributed by atoms with Gasteiger partial charge in [0.15, 0.2) is 0 Å². The normalized spacial score (nSPS) is 16.4. The first-order chi connectivity index (χ1) is 8.04. The first-order valence-electron chi connectivity index (χ1n) is 5.35. The first kappa shape index (κ1) is 12.3. The zero-order valence-electron chi connectivity index (χ0n) is 9.07. The maximum absolute atomic E-state index is 11.8. The second-order valence-corrected chi connectivity index (χ2v) is 3.85. The molecule has 8 heteroatoms. The molecule has 17 heavy (non-hydrogen) atoms. The number of hydrogen-bond donors (Lipinski definition) is 1. The Hall–Kier alpha value is -1.15. The van der Waals surface area contributed by atoms with Gasteiger partial charge in [0.05, 0.1) is 19.7 Å². The first-order valence-corrected chi connectivity index (χ1v) is 5.35. The van der Waals surface area contributed by atoms with E-state index in [9.17, 15) is 13.2 Å². The molecule has 0 saturated heterocycles. The second kappa shape index (κ2) is 5.01. The molecular weight excluding hydrogens is 237 g/mol. The minimum atomic E-state index is -4.59. The quantitative estimate of drug-likeness (QED) is 0.820. The van der Waals surface area contributed by atoms with E-state index in [-0.39, 0.29) is 6.54 Å². The summed E-state index contributed by atoms with van der Waals surface area (Å²) in [5.74, 6) is 0.627. The van der Waals surface area contributed by atoms with E-state index in [1.54, 1.807) is 0 Å². The number of aromatic nitrogens is 3. The van der Waals surface area contributed by atoms with Gasteiger partial charge in [-0.15, -0.1) is 13.2 Å². The summed E-state index contributed by atoms with van der Waals surface area (Å²) in [6.45, 7) is 0.112. The lowest BCUT2D eigenvalue weighted by atomic mass is 10.5. The SMILES string of the molecule is FC(F)(F)OCCn1ncnc1CNC1CC1. The lowest BCUT2D eigenvalue weighted by molar-refractivity contribution is -0.325. The molecule has 1 saturated carbocycles. The Kier molecular flexibility index (Phi) is 3.63. The fourth-order valence-electron chi connectivity index (χ4n) is 1.38. The third kappa shape index (κ3) is 4.31. The third-order valence-electron chi connectivity index (χ3n) is 2.39. The van der Waals surface area contributed by atoms with E-state index in [0.29, 0.717) is 18.4 Å². The average Bonchev–Trinajstić information content (AvgIpc) is 2.95. The Morgan fingerprint density at radius 1 is 1.47 bits per heavy atom. The molecule has 1 aromatic rings. The van der Waals surface area contributed by atoms with Gasteiger partial charge in [0.25, 0.3) is 0 Å². The van der Waals surface area contributed by atoms with Gasteiger partial charge in [-0.2, -0.15) is 5.10 Å². The van der Waals surface area contributed by atoms with Gasteiger partial charge in [-0.3, -0.25) is 4.74 Å². The molecule has 2 rings (SSSR count). The summed E-state index contributed by atoms with van der Waals surface area (Å²) in [4.78, 5) is 3.98. The highest BCUT2D eigenvalue weighted by atomic mass is 19.4. The van der Waals surface area contributed by atoms with Crippen LogP contribution in [0.3, 0.4) is 0 Å². The molecule has 1 aromatic heterocycles. The number of ether oxygens (including phenoxy) is 1. The highest BCUT2D eigenvalue weighted by Gasteiger charge is 2.28. The van der Waals surface area contributed by atoms with Crippen LogP contribution in [0.5, 0.6) is 0 Å². The Balaban J connectivity index is 1.76. The summed E-state index contributed by atoms with van der Waals surface area (Å²) < 4.78 is 40.4. The zero-order valence-corrected chi connectivity index (χ0v) is 9.07. The standard InChI is InChI=1S/C9H13F3N4O/c10-9(11,12)17-4-3-16-8(14-6-15-16)5-13-7-1-2-7/h6-7,13H,1-5H2. The van der Waals surface area contributed by atoms with E-state index >= 15 is 0 Å². The van der Waals surface area contributed by atoms with Gasteiger partial charge in [-0.1, -0.05) is 0 Å². The number of rotatable bonds is 6. The fraction of sp³-hybridized carbons (Fsp3) is 0.778. The van der Waals surface area contributed by atoms with Crippen molar-refractivity contribution < 1.29 is 17.9 Å². The van der Waals surface area contributed by atoms with E-state index in [2.05, 4.69) is 20.1 Å². The van der Waals surface area contributed by atoms with Crippen LogP contribution >= 0.6 is 0 Å². The Labute approximate surface area is 96.0 Å². The summed E-state index contributed by atoms with van der Waals surface area (Å²) in [6.07, 6.45) is -0.971. The van der Waals surface area contributed by atoms with Crippen molar-refractivity contribution in [2.45, 2.75) is 38.3 Å². The Morgan fingerprint density at radius 3 is 2.88 bits per heavy atom. The van der Waals surface area contributed by atoms with Crippen molar-refractivity contribution in [2.24, 2.45) is 0 Å². The molecule has 0 bridgehead atoms. The minimum Gasteiger partial charge on any atom is -0.307 e. The molecule has 1 fully saturated rings. The third-order valence-corrected chi connectivity index (χ3v) is 2.39. The topological polar surface area (TPSA) is 52.0 Å². The van der Waals surface area contributed by atoms with Crippen LogP contribution in [0, 0.1) is 0 Å². The molecular formula is C9H13F3N4O. The van der Waals surface area contributed by atoms with Gasteiger partial charge in [-0.05, 0) is 12.8 Å². The highest BCUT2D eigenvalue weighted by Crippen LogP contribution is 2.19. The molecule has 0 amide bonds. The average molecular weight is 250 g/mol. The van der Waals surface area contributed by atoms with Gasteiger partial charge < -0.3 is 5.32 Å². The molecule has 1 heterocycles. The van der Waals surface area contributed by atoms with Crippen molar-refractivity contribution in [3.63, 3.8) is 0 Å². The zero-order chi connectivity index (χ0) is 12.3. The molecule has 1 aliphatic carbocycles. The minimum absolute atomic E-state index is 0.0428. The monoisotopic (exact) mass is 250 g/mol. The smallest absolute Gasteiger partial charge is 0.307 e. The summed E-state index contributed by atoms with van der Waals surface area (Å²) in [6, 6.07) is 0.520. The van der Waals surface area contributed by atoms with Crippen LogP contribution in [-0.2, 0) is 17.8 Å². The van der Waals surface area contributed by atoms with Crippen molar-refractivity contribution in [3.05, 3.63) is 12.2 Å². The van der Waals surface area contributed by atoms with Gasteiger partial charge in [-0.25, -0.2) is 9.67 Å². The van der Waals surface area contributed by atoms with Crippen LogP contribution in [0.25, 0.3) is 0 Å². The molecule has 96 valence electrons. The predicted molar refractivity (Wildman–Crippen MR) is 51.9 cm³/mol. The molecule has 1 N–H and O–H groups in total. The lowest BCUT2D eigenvalue weighted by Crippen LogP contribution is -2.22. The van der Waals surface area contributed by atoms with E-state index in [4.69, 9.17) is 0 Å². The van der Waals surface area contributed by atoms with E-state index in [1.165, 1.54) is 11.0 Å². The number of halogens is 3. The molecule has 0 atom stereocenters. The van der Waals surface area contributed by atoms with Crippen LogP contribution in [0.4, 0.5) is 13.2 Å². The van der Waals surface area contributed by atoms with Crippen LogP contribution in [-0.4, -0.2) is 33.8 Å². The summed E-state index contributed by atoms with van der Waals surface area (Å²) >= 11 is 0. The van der Waals surface area contributed by atoms with Gasteiger partial charge >= 0.3 is 6.36 Å². The van der Waals surface area contributed by atoms with Crippen molar-refractivity contribution in [1.82, 2.24) is 20.1 Å². The van der Waals surface area contributed by atoms with Crippen molar-refractivity contribution in [3.8, 4) is 0 Å². The van der Waals surface area contributed by atoms with Crippen LogP contribution in [0.1, 0.15) is 18.7 Å². The van der Waals surface area contributed by atoms with Crippen molar-refractivity contribution in [2.75, 3.05) is 6.61 Å². The van der Waals surface area contributed by atoms with Crippen molar-refractivity contribution >= 4 is 0 Å². The van der Waals surface area contributed by atoms with Gasteiger partial charge in [0, 0.05) is 6.04 Å². The molecule has 0 spiro atoms. The number of nitrogens with zero attached hydrogens (tertiary/aromatic N) is 3. The predicted octanol–water partition coefficient (Wildman–Crippen LogP) is 1.07. The fourth-order valence-corrected chi connectivity index (χ4v) is 1.38. The maximum Gasteiger partial charge on any atom is 0.522 e. The van der Waals surface area contributed by atoms with E-state index in [1.807, 2.05) is 0 Å². The summed E-state index contributed by atoms with van der Waals surface area (Å²) in [5.41, 5.74) is 0. The Morgan fingerprint density at radius 2 is 2.24 bits per heavy atom. The van der Waals surface area contributed by atoms with Crippen LogP contribution in [0.2, 0.25) is 0 Å². The largest absolute Gasteiger partial charge is 0.522 e. The molecule has 0 aliphatic heterocycles. The summed E-state index contributed by atoms with van der Waals surface area (Å²) in [7, 11) is 0. The molecule has 0 unspecified atom stereocenters. The molecule has 0 radical (unpaired) electrons. The second-order valence-electron chi connectivity index (χ2n) is 3.85. The number of nitrogens with one attached hydrogen (secondary N) is 1. The van der Waals surface area contributed by atoms with E-state index in [0.717, 1.165) is 12.8 Å². The number of alkyl halides is 3. The van der Waals surface area contributed by atoms with Gasteiger partial charge in [0.1, 0.15) is 12.2 Å². The lowest BCUT2D eigenvalue weighted by Gasteiger charge is -2.09. The number of hydrogen-bond acceptors (Lipinski definition) is 4. The summed E-state index contributed by atoms with van der Waals surface area (Å²) in [5, 5.41) is 7.07. The highest BCUT2D eigenvalue weighted by molar-refractivity contribution is 4.88. The van der Waals surface area contributed by atoms with Crippen molar-refractivity contribution in [1.29, 1.82) is 0 Å². The molecule has 5 nitrogen and oxygen atoms in total. The van der Waals surface area contributed by atoms with Gasteiger partial charge in [0.2, 0.25) is 0 Å².